The minimum Gasteiger partial charge on any atom is -0.495 e. The second-order valence-corrected chi connectivity index (χ2v) is 7.68. The number of nitrogens with one attached hydrogen (secondary N) is 1. The highest BCUT2D eigenvalue weighted by atomic mass is 79.9. The smallest absolute Gasteiger partial charge is 0.266 e. The molecule has 1 amide bonds. The first-order valence-electron chi connectivity index (χ1n) is 9.82. The molecule has 32 heavy (non-hydrogen) atoms. The predicted molar refractivity (Wildman–Crippen MR) is 128 cm³/mol. The lowest BCUT2D eigenvalue weighted by molar-refractivity contribution is -0.112. The monoisotopic (exact) mass is 522 g/mol. The quantitative estimate of drug-likeness (QED) is 0.310. The number of ether oxygens (including phenoxy) is 4. The molecule has 0 saturated carbocycles. The third-order valence-electron chi connectivity index (χ3n) is 4.18. The predicted octanol–water partition coefficient (Wildman–Crippen LogP) is 5.85. The number of hydrogen-bond donors (Lipinski definition) is 1. The summed E-state index contributed by atoms with van der Waals surface area (Å²) in [4.78, 5) is 12.8. The van der Waals surface area contributed by atoms with Gasteiger partial charge >= 0.3 is 0 Å². The maximum absolute atomic E-state index is 12.8. The molecule has 0 aromatic heterocycles. The molecular weight excluding hydrogens is 500 g/mol. The zero-order valence-corrected chi connectivity index (χ0v) is 20.6. The molecule has 0 saturated heterocycles. The third kappa shape index (κ3) is 6.31. The minimum absolute atomic E-state index is 0.113. The zero-order valence-electron chi connectivity index (χ0n) is 18.3. The molecule has 0 aliphatic heterocycles. The van der Waals surface area contributed by atoms with Gasteiger partial charge in [0.25, 0.3) is 5.91 Å². The van der Waals surface area contributed by atoms with Crippen molar-refractivity contribution in [2.24, 2.45) is 0 Å². The van der Waals surface area contributed by atoms with Gasteiger partial charge in [0.1, 0.15) is 23.1 Å². The van der Waals surface area contributed by atoms with Crippen LogP contribution in [0.15, 0.2) is 34.3 Å². The van der Waals surface area contributed by atoms with Crippen molar-refractivity contribution in [3.8, 4) is 29.1 Å². The first-order valence-corrected chi connectivity index (χ1v) is 11.0. The molecule has 7 nitrogen and oxygen atoms in total. The summed E-state index contributed by atoms with van der Waals surface area (Å²) in [5, 5.41) is 12.6. The molecule has 2 rings (SSSR count). The summed E-state index contributed by atoms with van der Waals surface area (Å²) in [6, 6.07) is 8.45. The van der Waals surface area contributed by atoms with E-state index in [1.54, 1.807) is 12.1 Å². The number of hydrogen-bond acceptors (Lipinski definition) is 6. The van der Waals surface area contributed by atoms with Gasteiger partial charge in [-0.1, -0.05) is 18.5 Å². The summed E-state index contributed by atoms with van der Waals surface area (Å²) < 4.78 is 22.6. The second kappa shape index (κ2) is 12.2. The average Bonchev–Trinajstić information content (AvgIpc) is 2.77. The Labute approximate surface area is 201 Å². The van der Waals surface area contributed by atoms with Crippen LogP contribution in [0, 0.1) is 11.3 Å². The Kier molecular flexibility index (Phi) is 9.69. The maximum atomic E-state index is 12.8. The highest BCUT2D eigenvalue weighted by molar-refractivity contribution is 9.10. The number of benzene rings is 2. The van der Waals surface area contributed by atoms with E-state index in [4.69, 9.17) is 30.5 Å². The Morgan fingerprint density at radius 1 is 1.12 bits per heavy atom. The van der Waals surface area contributed by atoms with Crippen molar-refractivity contribution in [2.75, 3.05) is 32.8 Å². The van der Waals surface area contributed by atoms with Gasteiger partial charge < -0.3 is 24.3 Å². The van der Waals surface area contributed by atoms with Gasteiger partial charge in [0, 0.05) is 12.1 Å². The third-order valence-corrected chi connectivity index (χ3v) is 5.06. The molecule has 0 unspecified atom stereocenters. The van der Waals surface area contributed by atoms with Gasteiger partial charge in [-0.25, -0.2) is 0 Å². The van der Waals surface area contributed by atoms with Crippen molar-refractivity contribution in [1.29, 1.82) is 5.26 Å². The average molecular weight is 524 g/mol. The Morgan fingerprint density at radius 3 is 2.44 bits per heavy atom. The maximum Gasteiger partial charge on any atom is 0.266 e. The van der Waals surface area contributed by atoms with Crippen molar-refractivity contribution in [1.82, 2.24) is 0 Å². The number of carbonyl (C=O) groups is 1. The highest BCUT2D eigenvalue weighted by Gasteiger charge is 2.17. The van der Waals surface area contributed by atoms with Crippen molar-refractivity contribution in [3.63, 3.8) is 0 Å². The summed E-state index contributed by atoms with van der Waals surface area (Å²) in [7, 11) is 2.91. The molecule has 9 heteroatoms. The normalized spacial score (nSPS) is 10.8. The van der Waals surface area contributed by atoms with Crippen molar-refractivity contribution < 1.29 is 23.7 Å². The van der Waals surface area contributed by atoms with E-state index in [1.165, 1.54) is 32.4 Å². The Balaban J connectivity index is 2.39. The standard InChI is InChI=1S/C23H24BrClN2O5/c1-5-7-32-22-16(24)9-14(10-21(22)31-6-2)8-15(13-26)23(28)27-18-12-19(29-3)17(25)11-20(18)30-4/h8-12H,5-7H2,1-4H3,(H,27,28)/b15-8+. The topological polar surface area (TPSA) is 89.8 Å². The largest absolute Gasteiger partial charge is 0.495 e. The number of amides is 1. The van der Waals surface area contributed by atoms with Crippen LogP contribution in [0.1, 0.15) is 25.8 Å². The van der Waals surface area contributed by atoms with Gasteiger partial charge in [-0.3, -0.25) is 4.79 Å². The van der Waals surface area contributed by atoms with E-state index in [9.17, 15) is 10.1 Å². The van der Waals surface area contributed by atoms with E-state index in [0.29, 0.717) is 57.0 Å². The number of methoxy groups -OCH3 is 2. The second-order valence-electron chi connectivity index (χ2n) is 6.42. The van der Waals surface area contributed by atoms with Gasteiger partial charge in [0.05, 0.1) is 42.6 Å². The fourth-order valence-electron chi connectivity index (χ4n) is 2.74. The zero-order chi connectivity index (χ0) is 23.7. The van der Waals surface area contributed by atoms with Crippen LogP contribution in [0.5, 0.6) is 23.0 Å². The van der Waals surface area contributed by atoms with E-state index in [2.05, 4.69) is 21.2 Å². The van der Waals surface area contributed by atoms with Crippen molar-refractivity contribution >= 4 is 45.2 Å². The molecule has 0 radical (unpaired) electrons. The molecule has 2 aromatic carbocycles. The van der Waals surface area contributed by atoms with Crippen LogP contribution >= 0.6 is 27.5 Å². The van der Waals surface area contributed by atoms with E-state index in [-0.39, 0.29) is 5.57 Å². The fourth-order valence-corrected chi connectivity index (χ4v) is 3.55. The molecule has 0 aliphatic rings. The van der Waals surface area contributed by atoms with Crippen LogP contribution in [0.2, 0.25) is 5.02 Å². The molecule has 0 heterocycles. The number of anilines is 1. The van der Waals surface area contributed by atoms with Gasteiger partial charge in [0.15, 0.2) is 11.5 Å². The number of carbonyl (C=O) groups excluding carboxylic acids is 1. The number of halogens is 2. The molecule has 0 spiro atoms. The van der Waals surface area contributed by atoms with Crippen LogP contribution in [-0.4, -0.2) is 33.3 Å². The first-order chi connectivity index (χ1) is 15.4. The minimum atomic E-state index is -0.615. The Hall–Kier alpha value is -2.89. The molecule has 0 aliphatic carbocycles. The van der Waals surface area contributed by atoms with Crippen LogP contribution < -0.4 is 24.3 Å². The summed E-state index contributed by atoms with van der Waals surface area (Å²) in [5.41, 5.74) is 0.800. The number of rotatable bonds is 10. The summed E-state index contributed by atoms with van der Waals surface area (Å²) in [6.45, 7) is 4.84. The summed E-state index contributed by atoms with van der Waals surface area (Å²) >= 11 is 9.59. The molecule has 1 N–H and O–H groups in total. The summed E-state index contributed by atoms with van der Waals surface area (Å²) in [6.07, 6.45) is 2.31. The van der Waals surface area contributed by atoms with Gasteiger partial charge in [-0.15, -0.1) is 0 Å². The van der Waals surface area contributed by atoms with Crippen LogP contribution in [-0.2, 0) is 4.79 Å². The van der Waals surface area contributed by atoms with Gasteiger partial charge in [-0.05, 0) is 53.0 Å². The first kappa shape index (κ1) is 25.4. The fraction of sp³-hybridized carbons (Fsp3) is 0.304. The van der Waals surface area contributed by atoms with Crippen molar-refractivity contribution in [2.45, 2.75) is 20.3 Å². The van der Waals surface area contributed by atoms with Crippen LogP contribution in [0.4, 0.5) is 5.69 Å². The van der Waals surface area contributed by atoms with E-state index >= 15 is 0 Å². The lowest BCUT2D eigenvalue weighted by Gasteiger charge is -2.14. The lowest BCUT2D eigenvalue weighted by atomic mass is 10.1. The molecule has 2 aromatic rings. The number of nitrogens with zero attached hydrogens (tertiary/aromatic N) is 1. The lowest BCUT2D eigenvalue weighted by Crippen LogP contribution is -2.14. The molecule has 170 valence electrons. The SMILES string of the molecule is CCCOc1c(Br)cc(/C=C(\C#N)C(=O)Nc2cc(OC)c(Cl)cc2OC)cc1OCC. The van der Waals surface area contributed by atoms with E-state index in [0.717, 1.165) is 6.42 Å². The van der Waals surface area contributed by atoms with Crippen LogP contribution in [0.25, 0.3) is 6.08 Å². The molecular formula is C23H24BrClN2O5. The van der Waals surface area contributed by atoms with E-state index in [1.807, 2.05) is 19.9 Å². The summed E-state index contributed by atoms with van der Waals surface area (Å²) in [5.74, 6) is 1.17. The highest BCUT2D eigenvalue weighted by Crippen LogP contribution is 2.38. The van der Waals surface area contributed by atoms with Gasteiger partial charge in [0.2, 0.25) is 0 Å². The van der Waals surface area contributed by atoms with E-state index < -0.39 is 5.91 Å². The molecule has 0 fully saturated rings. The molecule has 0 atom stereocenters. The Morgan fingerprint density at radius 2 is 1.84 bits per heavy atom. The Bertz CT molecular complexity index is 1050. The van der Waals surface area contributed by atoms with Crippen molar-refractivity contribution in [3.05, 3.63) is 44.9 Å². The van der Waals surface area contributed by atoms with Crippen LogP contribution in [0.3, 0.4) is 0 Å². The molecule has 0 bridgehead atoms. The number of nitriles is 1. The van der Waals surface area contributed by atoms with Gasteiger partial charge in [-0.2, -0.15) is 5.26 Å².